The largest absolute Gasteiger partial charge is 0.300 e. The van der Waals surface area contributed by atoms with Gasteiger partial charge in [-0.15, -0.1) is 0 Å². The monoisotopic (exact) mass is 375 g/mol. The van der Waals surface area contributed by atoms with Gasteiger partial charge in [-0.1, -0.05) is 71.6 Å². The first kappa shape index (κ1) is 21.7. The maximum atomic E-state index is 2.89. The van der Waals surface area contributed by atoms with Gasteiger partial charge in [0.2, 0.25) is 0 Å². The molecule has 3 rings (SSSR count). The van der Waals surface area contributed by atoms with Crippen LogP contribution < -0.4 is 0 Å². The lowest BCUT2D eigenvalue weighted by atomic mass is 9.69. The smallest absolute Gasteiger partial charge is 0.00954 e. The highest BCUT2D eigenvalue weighted by Crippen LogP contribution is 2.42. The zero-order chi connectivity index (χ0) is 18.9. The van der Waals surface area contributed by atoms with Crippen molar-refractivity contribution in [2.75, 3.05) is 13.1 Å². The van der Waals surface area contributed by atoms with Crippen LogP contribution in [0.15, 0.2) is 0 Å². The molecule has 158 valence electrons. The average Bonchev–Trinajstić information content (AvgIpc) is 2.73. The quantitative estimate of drug-likeness (QED) is 0.371. The molecular formula is C26H49N. The Morgan fingerprint density at radius 1 is 0.556 bits per heavy atom. The van der Waals surface area contributed by atoms with Crippen LogP contribution in [0, 0.1) is 23.7 Å². The third-order valence-electron chi connectivity index (χ3n) is 8.65. The van der Waals surface area contributed by atoms with Crippen molar-refractivity contribution in [1.82, 2.24) is 4.90 Å². The predicted molar refractivity (Wildman–Crippen MR) is 119 cm³/mol. The molecule has 1 nitrogen and oxygen atoms in total. The molecule has 1 aliphatic heterocycles. The standard InChI is InChI=1S/C26H49N/c1-3-5-7-9-22-10-12-24(13-11-22)25-14-16-26(17-15-25)27-20-18-23(19-21-27)8-6-4-2/h22-26H,3-21H2,1-2H3/t22-,24-,25-,26-. The fourth-order valence-corrected chi connectivity index (χ4v) is 6.67. The molecular weight excluding hydrogens is 326 g/mol. The summed E-state index contributed by atoms with van der Waals surface area (Å²) in [4.78, 5) is 2.89. The minimum absolute atomic E-state index is 0.943. The van der Waals surface area contributed by atoms with E-state index in [1.807, 2.05) is 0 Å². The number of rotatable bonds is 9. The predicted octanol–water partition coefficient (Wildman–Crippen LogP) is 7.83. The van der Waals surface area contributed by atoms with Crippen molar-refractivity contribution < 1.29 is 0 Å². The molecule has 3 fully saturated rings. The lowest BCUT2D eigenvalue weighted by Crippen LogP contribution is -2.43. The maximum absolute atomic E-state index is 2.89. The highest BCUT2D eigenvalue weighted by atomic mass is 15.2. The normalized spacial score (nSPS) is 34.0. The van der Waals surface area contributed by atoms with E-state index in [9.17, 15) is 0 Å². The highest BCUT2D eigenvalue weighted by Gasteiger charge is 2.33. The van der Waals surface area contributed by atoms with Crippen LogP contribution in [-0.4, -0.2) is 24.0 Å². The van der Waals surface area contributed by atoms with Crippen molar-refractivity contribution in [3.8, 4) is 0 Å². The first-order valence-electron chi connectivity index (χ1n) is 13.0. The van der Waals surface area contributed by atoms with Gasteiger partial charge < -0.3 is 4.90 Å². The van der Waals surface area contributed by atoms with Crippen LogP contribution in [0.4, 0.5) is 0 Å². The van der Waals surface area contributed by atoms with E-state index in [1.54, 1.807) is 38.5 Å². The van der Waals surface area contributed by atoms with Crippen LogP contribution in [0.2, 0.25) is 0 Å². The fourth-order valence-electron chi connectivity index (χ4n) is 6.67. The van der Waals surface area contributed by atoms with Crippen LogP contribution >= 0.6 is 0 Å². The molecule has 0 aromatic carbocycles. The second kappa shape index (κ2) is 11.8. The molecule has 1 saturated heterocycles. The lowest BCUT2D eigenvalue weighted by molar-refractivity contribution is 0.0718. The molecule has 0 bridgehead atoms. The Hall–Kier alpha value is -0.0400. The van der Waals surface area contributed by atoms with Gasteiger partial charge in [0.05, 0.1) is 0 Å². The van der Waals surface area contributed by atoms with Gasteiger partial charge in [0, 0.05) is 6.04 Å². The van der Waals surface area contributed by atoms with Crippen LogP contribution in [0.25, 0.3) is 0 Å². The number of piperidine rings is 1. The Bertz CT molecular complexity index is 368. The number of likely N-dealkylation sites (tertiary alicyclic amines) is 1. The topological polar surface area (TPSA) is 3.24 Å². The molecule has 0 unspecified atom stereocenters. The highest BCUT2D eigenvalue weighted by molar-refractivity contribution is 4.87. The minimum atomic E-state index is 0.943. The Kier molecular flexibility index (Phi) is 9.50. The molecule has 0 atom stereocenters. The van der Waals surface area contributed by atoms with E-state index >= 15 is 0 Å². The molecule has 0 spiro atoms. The lowest BCUT2D eigenvalue weighted by Gasteiger charge is -2.43. The second-order valence-electron chi connectivity index (χ2n) is 10.5. The molecule has 3 aliphatic rings. The van der Waals surface area contributed by atoms with E-state index < -0.39 is 0 Å². The summed E-state index contributed by atoms with van der Waals surface area (Å²) in [5.74, 6) is 4.30. The Labute approximate surface area is 171 Å². The molecule has 0 aromatic heterocycles. The van der Waals surface area contributed by atoms with Crippen LogP contribution in [0.5, 0.6) is 0 Å². The summed E-state index contributed by atoms with van der Waals surface area (Å²) in [6.07, 6.45) is 25.5. The van der Waals surface area contributed by atoms with E-state index in [-0.39, 0.29) is 0 Å². The van der Waals surface area contributed by atoms with Crippen molar-refractivity contribution in [1.29, 1.82) is 0 Å². The van der Waals surface area contributed by atoms with Crippen molar-refractivity contribution >= 4 is 0 Å². The van der Waals surface area contributed by atoms with Gasteiger partial charge in [0.25, 0.3) is 0 Å². The Morgan fingerprint density at radius 3 is 1.67 bits per heavy atom. The molecule has 2 aliphatic carbocycles. The van der Waals surface area contributed by atoms with Gasteiger partial charge >= 0.3 is 0 Å². The van der Waals surface area contributed by atoms with E-state index in [0.29, 0.717) is 0 Å². The third kappa shape index (κ3) is 6.76. The summed E-state index contributed by atoms with van der Waals surface area (Å²) in [5, 5.41) is 0. The molecule has 0 aromatic rings. The number of hydrogen-bond donors (Lipinski definition) is 0. The summed E-state index contributed by atoms with van der Waals surface area (Å²) >= 11 is 0. The number of hydrogen-bond acceptors (Lipinski definition) is 1. The zero-order valence-electron chi connectivity index (χ0n) is 18.8. The van der Waals surface area contributed by atoms with Gasteiger partial charge in [0.1, 0.15) is 0 Å². The summed E-state index contributed by atoms with van der Waals surface area (Å²) in [5.41, 5.74) is 0. The van der Waals surface area contributed by atoms with Gasteiger partial charge in [-0.05, 0) is 88.1 Å². The molecule has 1 heterocycles. The maximum Gasteiger partial charge on any atom is 0.00954 e. The molecule has 27 heavy (non-hydrogen) atoms. The van der Waals surface area contributed by atoms with Crippen molar-refractivity contribution in [2.45, 2.75) is 129 Å². The third-order valence-corrected chi connectivity index (χ3v) is 8.65. The number of nitrogens with zero attached hydrogens (tertiary/aromatic N) is 1. The van der Waals surface area contributed by atoms with E-state index in [4.69, 9.17) is 0 Å². The summed E-state index contributed by atoms with van der Waals surface area (Å²) in [6.45, 7) is 7.49. The first-order valence-corrected chi connectivity index (χ1v) is 13.0. The molecule has 0 amide bonds. The van der Waals surface area contributed by atoms with Crippen LogP contribution in [-0.2, 0) is 0 Å². The SMILES string of the molecule is CCCCC[C@H]1CC[C@H]([C@H]2CC[C@H](N3CCC(CCCC)CC3)CC2)CC1. The first-order chi connectivity index (χ1) is 13.3. The average molecular weight is 376 g/mol. The van der Waals surface area contributed by atoms with Crippen LogP contribution in [0.3, 0.4) is 0 Å². The van der Waals surface area contributed by atoms with Gasteiger partial charge in [-0.3, -0.25) is 0 Å². The number of unbranched alkanes of at least 4 members (excludes halogenated alkanes) is 3. The van der Waals surface area contributed by atoms with Crippen LogP contribution in [0.1, 0.15) is 123 Å². The van der Waals surface area contributed by atoms with Gasteiger partial charge in [-0.2, -0.15) is 0 Å². The molecule has 0 N–H and O–H groups in total. The Balaban J connectivity index is 1.31. The van der Waals surface area contributed by atoms with Crippen molar-refractivity contribution in [2.24, 2.45) is 23.7 Å². The van der Waals surface area contributed by atoms with E-state index in [2.05, 4.69) is 18.7 Å². The fraction of sp³-hybridized carbons (Fsp3) is 1.00. The van der Waals surface area contributed by atoms with E-state index in [1.165, 1.54) is 83.7 Å². The molecule has 0 radical (unpaired) electrons. The van der Waals surface area contributed by atoms with Crippen molar-refractivity contribution in [3.63, 3.8) is 0 Å². The van der Waals surface area contributed by atoms with Gasteiger partial charge in [-0.25, -0.2) is 0 Å². The minimum Gasteiger partial charge on any atom is -0.300 e. The van der Waals surface area contributed by atoms with E-state index in [0.717, 1.165) is 29.7 Å². The van der Waals surface area contributed by atoms with Gasteiger partial charge in [0.15, 0.2) is 0 Å². The molecule has 2 saturated carbocycles. The zero-order valence-corrected chi connectivity index (χ0v) is 18.8. The van der Waals surface area contributed by atoms with Crippen molar-refractivity contribution in [3.05, 3.63) is 0 Å². The summed E-state index contributed by atoms with van der Waals surface area (Å²) in [7, 11) is 0. The summed E-state index contributed by atoms with van der Waals surface area (Å²) < 4.78 is 0. The second-order valence-corrected chi connectivity index (χ2v) is 10.5. The molecule has 1 heteroatoms. The Morgan fingerprint density at radius 2 is 1.07 bits per heavy atom. The summed E-state index contributed by atoms with van der Waals surface area (Å²) in [6, 6.07) is 0.943.